The Bertz CT molecular complexity index is 1110. The minimum atomic E-state index is 0.238. The molecule has 1 aliphatic carbocycles. The van der Waals surface area contributed by atoms with E-state index in [0.717, 1.165) is 43.9 Å². The van der Waals surface area contributed by atoms with Crippen molar-refractivity contribution >= 4 is 28.5 Å². The highest BCUT2D eigenvalue weighted by atomic mass is 32.1. The van der Waals surface area contributed by atoms with E-state index in [9.17, 15) is 10.1 Å². The minimum absolute atomic E-state index is 0.238. The lowest BCUT2D eigenvalue weighted by molar-refractivity contribution is -0.118. The van der Waals surface area contributed by atoms with Gasteiger partial charge in [0.25, 0.3) is 0 Å². The number of nitriles is 1. The summed E-state index contributed by atoms with van der Waals surface area (Å²) >= 11 is 1.72. The minimum Gasteiger partial charge on any atom is -0.368 e. The van der Waals surface area contributed by atoms with Gasteiger partial charge in [0.15, 0.2) is 0 Å². The Hall–Kier alpha value is -3.10. The van der Waals surface area contributed by atoms with E-state index in [0.29, 0.717) is 18.4 Å². The molecule has 5 heteroatoms. The molecule has 0 atom stereocenters. The summed E-state index contributed by atoms with van der Waals surface area (Å²) in [6.45, 7) is 3.55. The van der Waals surface area contributed by atoms with Crippen molar-refractivity contribution in [3.8, 4) is 16.5 Å². The summed E-state index contributed by atoms with van der Waals surface area (Å²) in [5.74, 6) is 0.238. The van der Waals surface area contributed by atoms with Crippen LogP contribution in [0.2, 0.25) is 0 Å². The molecule has 0 unspecified atom stereocenters. The van der Waals surface area contributed by atoms with Gasteiger partial charge in [-0.25, -0.2) is 0 Å². The number of hydrogen-bond acceptors (Lipinski definition) is 5. The Balaban J connectivity index is 1.52. The van der Waals surface area contributed by atoms with Crippen molar-refractivity contribution in [1.82, 2.24) is 0 Å². The zero-order valence-corrected chi connectivity index (χ0v) is 17.6. The Morgan fingerprint density at radius 2 is 1.67 bits per heavy atom. The van der Waals surface area contributed by atoms with Crippen LogP contribution in [-0.2, 0) is 17.6 Å². The lowest BCUT2D eigenvalue weighted by atomic mass is 9.83. The summed E-state index contributed by atoms with van der Waals surface area (Å²) in [5.41, 5.74) is 6.29. The molecular weight excluding hydrogens is 390 g/mol. The molecule has 0 spiro atoms. The molecule has 0 bridgehead atoms. The largest absolute Gasteiger partial charge is 0.368 e. The predicted octanol–water partition coefficient (Wildman–Crippen LogP) is 4.67. The Kier molecular flexibility index (Phi) is 5.02. The maximum absolute atomic E-state index is 12.3. The SMILES string of the molecule is N#Cc1c(N2CCN(c3ccccc3)CC2)cc(-c2cccs2)c2c1CC(=O)CC2. The number of anilines is 2. The van der Waals surface area contributed by atoms with E-state index >= 15 is 0 Å². The molecule has 150 valence electrons. The van der Waals surface area contributed by atoms with Gasteiger partial charge in [0.1, 0.15) is 11.9 Å². The summed E-state index contributed by atoms with van der Waals surface area (Å²) < 4.78 is 0. The maximum Gasteiger partial charge on any atom is 0.137 e. The zero-order valence-electron chi connectivity index (χ0n) is 16.8. The van der Waals surface area contributed by atoms with Gasteiger partial charge in [0.2, 0.25) is 0 Å². The van der Waals surface area contributed by atoms with Crippen LogP contribution in [0.3, 0.4) is 0 Å². The smallest absolute Gasteiger partial charge is 0.137 e. The van der Waals surface area contributed by atoms with Gasteiger partial charge in [-0.2, -0.15) is 5.26 Å². The van der Waals surface area contributed by atoms with Crippen LogP contribution in [0.5, 0.6) is 0 Å². The number of thiophene rings is 1. The average molecular weight is 414 g/mol. The number of rotatable bonds is 3. The third-order valence-corrected chi connectivity index (χ3v) is 7.10. The van der Waals surface area contributed by atoms with Crippen molar-refractivity contribution in [1.29, 1.82) is 5.26 Å². The van der Waals surface area contributed by atoms with E-state index < -0.39 is 0 Å². The number of ketones is 1. The van der Waals surface area contributed by atoms with Crippen molar-refractivity contribution in [3.05, 3.63) is 70.6 Å². The van der Waals surface area contributed by atoms with Crippen LogP contribution < -0.4 is 9.80 Å². The molecule has 0 saturated carbocycles. The summed E-state index contributed by atoms with van der Waals surface area (Å²) in [6.07, 6.45) is 1.69. The first kappa shape index (κ1) is 18.9. The highest BCUT2D eigenvalue weighted by Gasteiger charge is 2.28. The molecule has 2 aliphatic rings. The number of benzene rings is 2. The molecule has 5 rings (SSSR count). The van der Waals surface area contributed by atoms with Gasteiger partial charge in [0.05, 0.1) is 11.3 Å². The van der Waals surface area contributed by atoms with Gasteiger partial charge in [-0.05, 0) is 52.8 Å². The number of carbonyl (C=O) groups excluding carboxylic acids is 1. The van der Waals surface area contributed by atoms with Crippen molar-refractivity contribution in [2.24, 2.45) is 0 Å². The average Bonchev–Trinajstić information content (AvgIpc) is 3.33. The second-order valence-electron chi connectivity index (χ2n) is 7.89. The highest BCUT2D eigenvalue weighted by molar-refractivity contribution is 7.13. The third-order valence-electron chi connectivity index (χ3n) is 6.20. The van der Waals surface area contributed by atoms with Gasteiger partial charge in [-0.3, -0.25) is 4.79 Å². The Labute approximate surface area is 181 Å². The van der Waals surface area contributed by atoms with E-state index in [2.05, 4.69) is 63.7 Å². The van der Waals surface area contributed by atoms with E-state index in [1.54, 1.807) is 11.3 Å². The van der Waals surface area contributed by atoms with Gasteiger partial charge >= 0.3 is 0 Å². The summed E-state index contributed by atoms with van der Waals surface area (Å²) in [7, 11) is 0. The first-order valence-electron chi connectivity index (χ1n) is 10.4. The lowest BCUT2D eigenvalue weighted by Gasteiger charge is -2.38. The molecule has 0 N–H and O–H groups in total. The topological polar surface area (TPSA) is 47.3 Å². The first-order valence-corrected chi connectivity index (χ1v) is 11.3. The Morgan fingerprint density at radius 1 is 0.900 bits per heavy atom. The number of hydrogen-bond donors (Lipinski definition) is 0. The molecular formula is C25H23N3OS. The quantitative estimate of drug-likeness (QED) is 0.626. The molecule has 0 radical (unpaired) electrons. The molecule has 2 aromatic carbocycles. The molecule has 1 fully saturated rings. The molecule has 2 heterocycles. The fraction of sp³-hybridized carbons (Fsp3) is 0.280. The second kappa shape index (κ2) is 7.97. The van der Waals surface area contributed by atoms with Crippen LogP contribution in [-0.4, -0.2) is 32.0 Å². The number of nitrogens with zero attached hydrogens (tertiary/aromatic N) is 3. The molecule has 1 aromatic heterocycles. The van der Waals surface area contributed by atoms with E-state index in [1.165, 1.54) is 21.7 Å². The van der Waals surface area contributed by atoms with Crippen LogP contribution in [0.4, 0.5) is 11.4 Å². The van der Waals surface area contributed by atoms with Crippen LogP contribution in [0.1, 0.15) is 23.1 Å². The maximum atomic E-state index is 12.3. The van der Waals surface area contributed by atoms with E-state index in [-0.39, 0.29) is 5.78 Å². The summed E-state index contributed by atoms with van der Waals surface area (Å²) in [6, 6.07) is 19.3. The van der Waals surface area contributed by atoms with Crippen LogP contribution in [0.25, 0.3) is 10.4 Å². The summed E-state index contributed by atoms with van der Waals surface area (Å²) in [5, 5.41) is 12.1. The monoisotopic (exact) mass is 413 g/mol. The fourth-order valence-corrected chi connectivity index (χ4v) is 5.43. The van der Waals surface area contributed by atoms with Crippen molar-refractivity contribution in [2.75, 3.05) is 36.0 Å². The van der Waals surface area contributed by atoms with Gasteiger partial charge in [-0.1, -0.05) is 24.3 Å². The molecule has 1 aliphatic heterocycles. The lowest BCUT2D eigenvalue weighted by Crippen LogP contribution is -2.47. The number of para-hydroxylation sites is 1. The first-order chi connectivity index (χ1) is 14.7. The van der Waals surface area contributed by atoms with Crippen LogP contribution in [0.15, 0.2) is 53.9 Å². The standard InChI is InChI=1S/C25H23N3OS/c26-17-23-21-15-19(29)8-9-20(21)22(25-7-4-14-30-25)16-24(23)28-12-10-27(11-13-28)18-5-2-1-3-6-18/h1-7,14,16H,8-13,15H2. The number of fused-ring (bicyclic) bond motifs is 1. The fourth-order valence-electron chi connectivity index (χ4n) is 4.66. The van der Waals surface area contributed by atoms with Crippen LogP contribution in [0, 0.1) is 11.3 Å². The van der Waals surface area contributed by atoms with Crippen LogP contribution >= 0.6 is 11.3 Å². The molecule has 1 saturated heterocycles. The normalized spacial score (nSPS) is 16.3. The third kappa shape index (κ3) is 3.38. The molecule has 30 heavy (non-hydrogen) atoms. The van der Waals surface area contributed by atoms with Gasteiger partial charge in [0, 0.05) is 49.6 Å². The summed E-state index contributed by atoms with van der Waals surface area (Å²) in [4.78, 5) is 18.2. The predicted molar refractivity (Wildman–Crippen MR) is 122 cm³/mol. The van der Waals surface area contributed by atoms with Crippen molar-refractivity contribution in [2.45, 2.75) is 19.3 Å². The number of carbonyl (C=O) groups is 1. The van der Waals surface area contributed by atoms with E-state index in [1.807, 2.05) is 6.07 Å². The van der Waals surface area contributed by atoms with E-state index in [4.69, 9.17) is 0 Å². The molecule has 4 nitrogen and oxygen atoms in total. The van der Waals surface area contributed by atoms with Crippen molar-refractivity contribution < 1.29 is 4.79 Å². The van der Waals surface area contributed by atoms with Crippen molar-refractivity contribution in [3.63, 3.8) is 0 Å². The highest BCUT2D eigenvalue weighted by Crippen LogP contribution is 2.40. The number of Topliss-reactive ketones (excluding diaryl/α,β-unsaturated/α-hetero) is 1. The number of piperazine rings is 1. The van der Waals surface area contributed by atoms with Gasteiger partial charge < -0.3 is 9.80 Å². The Morgan fingerprint density at radius 3 is 2.37 bits per heavy atom. The zero-order chi connectivity index (χ0) is 20.5. The molecule has 0 amide bonds. The molecule has 3 aromatic rings. The second-order valence-corrected chi connectivity index (χ2v) is 8.84. The van der Waals surface area contributed by atoms with Gasteiger partial charge in [-0.15, -0.1) is 11.3 Å².